The molecular formula is C11H12F3N5O2. The molecule has 0 radical (unpaired) electrons. The lowest BCUT2D eigenvalue weighted by Crippen LogP contribution is -2.34. The van der Waals surface area contributed by atoms with Crippen LogP contribution in [0.2, 0.25) is 0 Å². The molecule has 0 unspecified atom stereocenters. The van der Waals surface area contributed by atoms with Crippen molar-refractivity contribution in [3.05, 3.63) is 11.8 Å². The van der Waals surface area contributed by atoms with Gasteiger partial charge in [-0.2, -0.15) is 23.4 Å². The average molecular weight is 303 g/mol. The number of hydrazone groups is 1. The number of carbonyl (C=O) groups excluding carboxylic acids is 2. The van der Waals surface area contributed by atoms with Crippen LogP contribution in [0.3, 0.4) is 0 Å². The number of anilines is 1. The van der Waals surface area contributed by atoms with Crippen molar-refractivity contribution in [2.24, 2.45) is 12.1 Å². The predicted octanol–water partition coefficient (Wildman–Crippen LogP) is 0.986. The van der Waals surface area contributed by atoms with Crippen LogP contribution >= 0.6 is 0 Å². The number of carbonyl (C=O) groups is 2. The second kappa shape index (κ2) is 5.19. The summed E-state index contributed by atoms with van der Waals surface area (Å²) >= 11 is 0. The average Bonchev–Trinajstić information content (AvgIpc) is 2.73. The van der Waals surface area contributed by atoms with Gasteiger partial charge in [0.25, 0.3) is 5.91 Å². The summed E-state index contributed by atoms with van der Waals surface area (Å²) in [6.45, 7) is 0. The first-order valence-electron chi connectivity index (χ1n) is 5.95. The maximum Gasteiger partial charge on any atom is 0.433 e. The Balaban J connectivity index is 2.14. The number of hydrogen-bond acceptors (Lipinski definition) is 4. The number of amides is 2. The first kappa shape index (κ1) is 15.0. The van der Waals surface area contributed by atoms with Crippen LogP contribution in [-0.2, 0) is 22.8 Å². The van der Waals surface area contributed by atoms with Gasteiger partial charge in [0, 0.05) is 33.0 Å². The van der Waals surface area contributed by atoms with Crippen molar-refractivity contribution in [1.29, 1.82) is 0 Å². The molecule has 0 fully saturated rings. The molecule has 0 atom stereocenters. The van der Waals surface area contributed by atoms with Crippen molar-refractivity contribution < 1.29 is 22.8 Å². The van der Waals surface area contributed by atoms with Gasteiger partial charge >= 0.3 is 6.18 Å². The normalized spacial score (nSPS) is 16.0. The second-order valence-corrected chi connectivity index (χ2v) is 4.45. The molecule has 0 aliphatic carbocycles. The Kier molecular flexibility index (Phi) is 3.71. The molecule has 2 heterocycles. The van der Waals surface area contributed by atoms with Crippen molar-refractivity contribution in [3.8, 4) is 0 Å². The topological polar surface area (TPSA) is 79.6 Å². The lowest BCUT2D eigenvalue weighted by Gasteiger charge is -2.18. The summed E-state index contributed by atoms with van der Waals surface area (Å²) in [5.41, 5.74) is -0.910. The Bertz CT molecular complexity index is 620. The van der Waals surface area contributed by atoms with Crippen molar-refractivity contribution in [2.75, 3.05) is 12.4 Å². The van der Waals surface area contributed by atoms with E-state index in [0.717, 1.165) is 18.1 Å². The van der Waals surface area contributed by atoms with Gasteiger partial charge in [0.1, 0.15) is 11.4 Å². The van der Waals surface area contributed by atoms with Gasteiger partial charge in [-0.25, -0.2) is 5.01 Å². The summed E-state index contributed by atoms with van der Waals surface area (Å²) in [5.74, 6) is -1.14. The van der Waals surface area contributed by atoms with Crippen molar-refractivity contribution in [3.63, 3.8) is 0 Å². The molecule has 2 rings (SSSR count). The third-order valence-corrected chi connectivity index (χ3v) is 2.88. The van der Waals surface area contributed by atoms with Gasteiger partial charge in [-0.05, 0) is 0 Å². The molecule has 0 saturated carbocycles. The van der Waals surface area contributed by atoms with E-state index in [2.05, 4.69) is 15.5 Å². The zero-order chi connectivity index (χ0) is 15.8. The van der Waals surface area contributed by atoms with E-state index in [4.69, 9.17) is 0 Å². The van der Waals surface area contributed by atoms with E-state index in [1.165, 1.54) is 7.05 Å². The number of rotatable bonds is 2. The number of aromatic nitrogens is 2. The first-order chi connectivity index (χ1) is 9.68. The minimum atomic E-state index is -4.56. The molecule has 1 aliphatic heterocycles. The standard InChI is InChI=1S/C11H12F3N5O2/c1-18-7(11(12,13)14)5-8(17-18)15-10(21)6-3-4-9(20)19(2)16-6/h5H,3-4H2,1-2H3,(H,15,17,21). The van der Waals surface area contributed by atoms with Crippen LogP contribution in [0, 0.1) is 0 Å². The third-order valence-electron chi connectivity index (χ3n) is 2.88. The number of hydrogen-bond donors (Lipinski definition) is 1. The minimum Gasteiger partial charge on any atom is -0.304 e. The van der Waals surface area contributed by atoms with Crippen molar-refractivity contribution in [1.82, 2.24) is 14.8 Å². The molecule has 1 aliphatic rings. The van der Waals surface area contributed by atoms with E-state index in [1.807, 2.05) is 0 Å². The predicted molar refractivity (Wildman–Crippen MR) is 66.3 cm³/mol. The van der Waals surface area contributed by atoms with Crippen LogP contribution in [0.4, 0.5) is 19.0 Å². The van der Waals surface area contributed by atoms with Crippen molar-refractivity contribution in [2.45, 2.75) is 19.0 Å². The van der Waals surface area contributed by atoms with E-state index in [0.29, 0.717) is 4.68 Å². The number of nitrogens with one attached hydrogen (secondary N) is 1. The SMILES string of the molecule is CN1N=C(C(=O)Nc2cc(C(F)(F)F)n(C)n2)CCC1=O. The smallest absolute Gasteiger partial charge is 0.304 e. The quantitative estimate of drug-likeness (QED) is 0.884. The maximum atomic E-state index is 12.6. The van der Waals surface area contributed by atoms with E-state index in [1.54, 1.807) is 0 Å². The van der Waals surface area contributed by atoms with Gasteiger partial charge in [0.05, 0.1) is 0 Å². The largest absolute Gasteiger partial charge is 0.433 e. The number of alkyl halides is 3. The van der Waals surface area contributed by atoms with Crippen LogP contribution in [0.1, 0.15) is 18.5 Å². The molecule has 0 saturated heterocycles. The molecule has 1 N–H and O–H groups in total. The van der Waals surface area contributed by atoms with Crippen LogP contribution in [-0.4, -0.2) is 39.4 Å². The van der Waals surface area contributed by atoms with E-state index < -0.39 is 17.8 Å². The monoisotopic (exact) mass is 303 g/mol. The zero-order valence-corrected chi connectivity index (χ0v) is 11.2. The molecule has 1 aromatic heterocycles. The minimum absolute atomic E-state index is 0.0660. The Hall–Kier alpha value is -2.39. The lowest BCUT2D eigenvalue weighted by atomic mass is 10.1. The highest BCUT2D eigenvalue weighted by atomic mass is 19.4. The molecule has 7 nitrogen and oxygen atoms in total. The van der Waals surface area contributed by atoms with E-state index in [9.17, 15) is 22.8 Å². The Morgan fingerprint density at radius 3 is 2.52 bits per heavy atom. The third kappa shape index (κ3) is 3.20. The van der Waals surface area contributed by atoms with Crippen LogP contribution in [0.25, 0.3) is 0 Å². The summed E-state index contributed by atoms with van der Waals surface area (Å²) in [6.07, 6.45) is -4.30. The molecule has 1 aromatic rings. The summed E-state index contributed by atoms with van der Waals surface area (Å²) in [7, 11) is 2.53. The molecular weight excluding hydrogens is 291 g/mol. The highest BCUT2D eigenvalue weighted by molar-refractivity contribution is 6.43. The van der Waals surface area contributed by atoms with Gasteiger partial charge in [0.2, 0.25) is 5.91 Å². The molecule has 21 heavy (non-hydrogen) atoms. The molecule has 10 heteroatoms. The summed E-state index contributed by atoms with van der Waals surface area (Å²) < 4.78 is 38.5. The van der Waals surface area contributed by atoms with Gasteiger partial charge < -0.3 is 5.32 Å². The fourth-order valence-electron chi connectivity index (χ4n) is 1.82. The van der Waals surface area contributed by atoms with E-state index >= 15 is 0 Å². The van der Waals surface area contributed by atoms with Crippen molar-refractivity contribution >= 4 is 23.3 Å². The second-order valence-electron chi connectivity index (χ2n) is 4.45. The highest BCUT2D eigenvalue weighted by Crippen LogP contribution is 2.30. The number of halogens is 3. The first-order valence-corrected chi connectivity index (χ1v) is 5.95. The molecule has 2 amide bonds. The van der Waals surface area contributed by atoms with E-state index in [-0.39, 0.29) is 30.3 Å². The Morgan fingerprint density at radius 1 is 1.33 bits per heavy atom. The molecule has 0 aromatic carbocycles. The summed E-state index contributed by atoms with van der Waals surface area (Å²) in [5, 5.41) is 10.6. The zero-order valence-electron chi connectivity index (χ0n) is 11.2. The Morgan fingerprint density at radius 2 is 2.00 bits per heavy atom. The van der Waals surface area contributed by atoms with Gasteiger partial charge in [-0.3, -0.25) is 14.3 Å². The summed E-state index contributed by atoms with van der Waals surface area (Å²) in [6, 6.07) is 0.732. The maximum absolute atomic E-state index is 12.6. The fourth-order valence-corrected chi connectivity index (χ4v) is 1.82. The van der Waals surface area contributed by atoms with Crippen LogP contribution < -0.4 is 5.32 Å². The summed E-state index contributed by atoms with van der Waals surface area (Å²) in [4.78, 5) is 23.1. The molecule has 0 bridgehead atoms. The number of nitrogens with zero attached hydrogens (tertiary/aromatic N) is 4. The van der Waals surface area contributed by atoms with Gasteiger partial charge in [-0.1, -0.05) is 0 Å². The van der Waals surface area contributed by atoms with Crippen LogP contribution in [0.5, 0.6) is 0 Å². The Labute approximate surface area is 117 Å². The highest BCUT2D eigenvalue weighted by Gasteiger charge is 2.35. The van der Waals surface area contributed by atoms with Crippen LogP contribution in [0.15, 0.2) is 11.2 Å². The van der Waals surface area contributed by atoms with Gasteiger partial charge in [-0.15, -0.1) is 0 Å². The number of aryl methyl sites for hydroxylation is 1. The molecule has 0 spiro atoms. The van der Waals surface area contributed by atoms with Gasteiger partial charge in [0.15, 0.2) is 5.82 Å². The fraction of sp³-hybridized carbons (Fsp3) is 0.455. The molecule has 114 valence electrons. The lowest BCUT2D eigenvalue weighted by molar-refractivity contribution is -0.143.